The van der Waals surface area contributed by atoms with Crippen LogP contribution in [0.2, 0.25) is 0 Å². The van der Waals surface area contributed by atoms with Crippen LogP contribution in [-0.2, 0) is 0 Å². The number of rotatable bonds is 5. The van der Waals surface area contributed by atoms with Gasteiger partial charge < -0.3 is 14.8 Å². The van der Waals surface area contributed by atoms with Gasteiger partial charge in [0.05, 0.1) is 17.0 Å². The van der Waals surface area contributed by atoms with Gasteiger partial charge in [-0.3, -0.25) is 4.79 Å². The highest BCUT2D eigenvalue weighted by Gasteiger charge is 2.39. The number of pyridine rings is 1. The molecule has 2 aliphatic rings. The summed E-state index contributed by atoms with van der Waals surface area (Å²) in [6, 6.07) is 8.42. The molecule has 2 fully saturated rings. The van der Waals surface area contributed by atoms with E-state index >= 15 is 0 Å². The summed E-state index contributed by atoms with van der Waals surface area (Å²) in [6.07, 6.45) is 3.29. The average Bonchev–Trinajstić information content (AvgIpc) is 3.02. The van der Waals surface area contributed by atoms with E-state index in [2.05, 4.69) is 33.3 Å². The van der Waals surface area contributed by atoms with E-state index < -0.39 is 12.5 Å². The maximum Gasteiger partial charge on any atom is 0.264 e. The number of hydrogen-bond acceptors (Lipinski definition) is 6. The Morgan fingerprint density at radius 2 is 1.80 bits per heavy atom. The molecule has 1 aromatic carbocycles. The summed E-state index contributed by atoms with van der Waals surface area (Å²) in [5.41, 5.74) is 1.13. The Bertz CT molecular complexity index is 1370. The number of halogens is 2. The first-order chi connectivity index (χ1) is 16.8. The Balaban J connectivity index is 1.55. The highest BCUT2D eigenvalue weighted by Crippen LogP contribution is 2.39. The number of benzene rings is 1. The molecule has 2 bridgehead atoms. The molecule has 3 aromatic rings. The summed E-state index contributed by atoms with van der Waals surface area (Å²) < 4.78 is 28.7. The third-order valence-corrected chi connectivity index (χ3v) is 7.71. The highest BCUT2D eigenvalue weighted by molar-refractivity contribution is 5.88. The second-order valence-electron chi connectivity index (χ2n) is 9.68. The maximum atomic E-state index is 13.4. The van der Waals surface area contributed by atoms with Gasteiger partial charge in [0.25, 0.3) is 12.0 Å². The van der Waals surface area contributed by atoms with Crippen molar-refractivity contribution in [1.82, 2.24) is 19.4 Å². The third-order valence-electron chi connectivity index (χ3n) is 7.71. The normalized spacial score (nSPS) is 22.9. The number of aryl methyl sites for hydroxylation is 1. The smallest absolute Gasteiger partial charge is 0.264 e. The van der Waals surface area contributed by atoms with E-state index in [-0.39, 0.29) is 17.2 Å². The van der Waals surface area contributed by atoms with Crippen molar-refractivity contribution in [3.05, 3.63) is 63.3 Å². The Morgan fingerprint density at radius 1 is 1.11 bits per heavy atom. The molecular weight excluding hydrogens is 450 g/mol. The number of hydrogen-bond donors (Lipinski definition) is 1. The highest BCUT2D eigenvalue weighted by atomic mass is 19.3. The molecule has 35 heavy (non-hydrogen) atoms. The number of alkyl halides is 2. The predicted octanol–water partition coefficient (Wildman–Crippen LogP) is 4.82. The van der Waals surface area contributed by atoms with E-state index in [1.807, 2.05) is 0 Å². The minimum Gasteiger partial charge on any atom is -0.350 e. The van der Waals surface area contributed by atoms with E-state index in [4.69, 9.17) is 0 Å². The number of piperidine rings is 1. The van der Waals surface area contributed by atoms with Crippen molar-refractivity contribution in [2.75, 3.05) is 12.4 Å². The molecule has 182 valence electrons. The SMILES string of the molecule is Cc1nc(N[C@H](C#N)c2cccc(C(F)F)c2C)c2cn(C3C[C@H]4CC[C@@H](C3)N4C)c(=O)cc2n1. The number of nitrogens with zero attached hydrogens (tertiary/aromatic N) is 5. The summed E-state index contributed by atoms with van der Waals surface area (Å²) in [5.74, 6) is 0.856. The summed E-state index contributed by atoms with van der Waals surface area (Å²) in [4.78, 5) is 24.5. The molecule has 5 rings (SSSR count). The molecule has 0 saturated carbocycles. The predicted molar refractivity (Wildman–Crippen MR) is 129 cm³/mol. The standard InChI is InChI=1S/C26H28F2N6O/c1-14-19(5-4-6-20(14)25(27)28)23(12-29)32-26-21-13-34(24(35)11-22(21)30-15(2)31-26)18-9-16-7-8-17(10-18)33(16)3/h4-6,11,13,16-18,23,25H,7-10H2,1-3H3,(H,30,31,32)/t16-,17+,18?,23-/m1/s1. The van der Waals surface area contributed by atoms with Gasteiger partial charge in [-0.05, 0) is 57.7 Å². The molecule has 4 heterocycles. The zero-order chi connectivity index (χ0) is 24.9. The molecular formula is C26H28F2N6O. The van der Waals surface area contributed by atoms with E-state index in [0.29, 0.717) is 45.8 Å². The van der Waals surface area contributed by atoms with Gasteiger partial charge in [0.15, 0.2) is 0 Å². The minimum absolute atomic E-state index is 0.0893. The molecule has 0 spiro atoms. The zero-order valence-electron chi connectivity index (χ0n) is 20.0. The fourth-order valence-corrected chi connectivity index (χ4v) is 5.78. The number of anilines is 1. The van der Waals surface area contributed by atoms with Crippen molar-refractivity contribution < 1.29 is 8.78 Å². The second kappa shape index (κ2) is 9.00. The summed E-state index contributed by atoms with van der Waals surface area (Å²) >= 11 is 0. The fraction of sp³-hybridized carbons (Fsp3) is 0.462. The lowest BCUT2D eigenvalue weighted by Gasteiger charge is -2.37. The lowest BCUT2D eigenvalue weighted by atomic mass is 9.97. The van der Waals surface area contributed by atoms with Crippen molar-refractivity contribution >= 4 is 16.7 Å². The van der Waals surface area contributed by atoms with E-state index in [0.717, 1.165) is 25.7 Å². The number of nitriles is 1. The van der Waals surface area contributed by atoms with Gasteiger partial charge in [0.1, 0.15) is 17.7 Å². The molecule has 9 heteroatoms. The van der Waals surface area contributed by atoms with E-state index in [1.165, 1.54) is 18.2 Å². The second-order valence-corrected chi connectivity index (χ2v) is 9.68. The van der Waals surface area contributed by atoms with Crippen molar-refractivity contribution in [2.24, 2.45) is 0 Å². The minimum atomic E-state index is -2.63. The van der Waals surface area contributed by atoms with Crippen LogP contribution in [0.15, 0.2) is 35.3 Å². The fourth-order valence-electron chi connectivity index (χ4n) is 5.78. The topological polar surface area (TPSA) is 86.8 Å². The largest absolute Gasteiger partial charge is 0.350 e. The Labute approximate surface area is 202 Å². The quantitative estimate of drug-likeness (QED) is 0.566. The van der Waals surface area contributed by atoms with Crippen molar-refractivity contribution in [2.45, 2.75) is 70.1 Å². The van der Waals surface area contributed by atoms with Gasteiger partial charge in [-0.2, -0.15) is 5.26 Å². The molecule has 4 atom stereocenters. The monoisotopic (exact) mass is 478 g/mol. The van der Waals surface area contributed by atoms with Gasteiger partial charge in [0, 0.05) is 36.0 Å². The molecule has 2 aliphatic heterocycles. The van der Waals surface area contributed by atoms with Crippen LogP contribution in [0.1, 0.15) is 66.7 Å². The first-order valence-corrected chi connectivity index (χ1v) is 11.9. The molecule has 0 amide bonds. The van der Waals surface area contributed by atoms with Crippen LogP contribution in [0.25, 0.3) is 10.9 Å². The van der Waals surface area contributed by atoms with Crippen molar-refractivity contribution in [3.8, 4) is 6.07 Å². The molecule has 1 unspecified atom stereocenters. The molecule has 2 saturated heterocycles. The number of fused-ring (bicyclic) bond motifs is 3. The summed E-state index contributed by atoms with van der Waals surface area (Å²) in [6.45, 7) is 3.31. The van der Waals surface area contributed by atoms with Gasteiger partial charge >= 0.3 is 0 Å². The zero-order valence-corrected chi connectivity index (χ0v) is 20.0. The van der Waals surface area contributed by atoms with Crippen LogP contribution < -0.4 is 10.9 Å². The Morgan fingerprint density at radius 3 is 2.46 bits per heavy atom. The molecule has 0 radical (unpaired) electrons. The van der Waals surface area contributed by atoms with Gasteiger partial charge in [-0.1, -0.05) is 18.2 Å². The van der Waals surface area contributed by atoms with Gasteiger partial charge in [0.2, 0.25) is 0 Å². The Kier molecular flexibility index (Phi) is 6.01. The summed E-state index contributed by atoms with van der Waals surface area (Å²) in [5, 5.41) is 13.7. The third kappa shape index (κ3) is 4.16. The molecule has 7 nitrogen and oxygen atoms in total. The molecule has 0 aliphatic carbocycles. The van der Waals surface area contributed by atoms with Gasteiger partial charge in [-0.15, -0.1) is 0 Å². The summed E-state index contributed by atoms with van der Waals surface area (Å²) in [7, 11) is 2.16. The lowest BCUT2D eigenvalue weighted by Crippen LogP contribution is -2.42. The van der Waals surface area contributed by atoms with Crippen molar-refractivity contribution in [1.29, 1.82) is 5.26 Å². The Hall–Kier alpha value is -3.38. The van der Waals surface area contributed by atoms with Crippen molar-refractivity contribution in [3.63, 3.8) is 0 Å². The van der Waals surface area contributed by atoms with Crippen LogP contribution in [0.5, 0.6) is 0 Å². The number of aromatic nitrogens is 3. The molecule has 1 N–H and O–H groups in total. The van der Waals surface area contributed by atoms with E-state index in [1.54, 1.807) is 30.7 Å². The number of nitrogens with one attached hydrogen (secondary N) is 1. The first kappa shape index (κ1) is 23.4. The van der Waals surface area contributed by atoms with Crippen LogP contribution in [0, 0.1) is 25.2 Å². The van der Waals surface area contributed by atoms with Crippen LogP contribution >= 0.6 is 0 Å². The first-order valence-electron chi connectivity index (χ1n) is 11.9. The average molecular weight is 479 g/mol. The van der Waals surface area contributed by atoms with Crippen LogP contribution in [0.3, 0.4) is 0 Å². The van der Waals surface area contributed by atoms with Crippen LogP contribution in [0.4, 0.5) is 14.6 Å². The maximum absolute atomic E-state index is 13.4. The van der Waals surface area contributed by atoms with Crippen LogP contribution in [-0.4, -0.2) is 38.6 Å². The molecule has 2 aromatic heterocycles. The van der Waals surface area contributed by atoms with E-state index in [9.17, 15) is 18.8 Å². The van der Waals surface area contributed by atoms with Gasteiger partial charge in [-0.25, -0.2) is 18.7 Å². The lowest BCUT2D eigenvalue weighted by molar-refractivity contribution is 0.136.